The van der Waals surface area contributed by atoms with Gasteiger partial charge in [-0.2, -0.15) is 23.3 Å². The van der Waals surface area contributed by atoms with Gasteiger partial charge in [-0.25, -0.2) is 9.78 Å². The predicted octanol–water partition coefficient (Wildman–Crippen LogP) is 2.94. The number of aliphatic hydroxyl groups is 1. The van der Waals surface area contributed by atoms with Crippen LogP contribution in [0.3, 0.4) is 0 Å². The maximum Gasteiger partial charge on any atom is 0.439 e. The van der Waals surface area contributed by atoms with E-state index in [4.69, 9.17) is 4.74 Å². The standard InChI is InChI=1S/C14H16F3N3O3S/c1-2-23-11(21)10-7-24-12(18-10)20-13(22,14(15,16)17)8-5-3-4-6-9(8)19-20/h7-8,22H,2-6H2,1H3. The molecule has 0 bridgehead atoms. The van der Waals surface area contributed by atoms with E-state index >= 15 is 0 Å². The number of ether oxygens (including phenoxy) is 1. The van der Waals surface area contributed by atoms with Gasteiger partial charge < -0.3 is 9.84 Å². The minimum Gasteiger partial charge on any atom is -0.461 e. The molecule has 132 valence electrons. The topological polar surface area (TPSA) is 75.0 Å². The number of hydrazone groups is 1. The number of hydrogen-bond donors (Lipinski definition) is 1. The van der Waals surface area contributed by atoms with E-state index < -0.39 is 23.8 Å². The summed E-state index contributed by atoms with van der Waals surface area (Å²) in [4.78, 5) is 15.5. The van der Waals surface area contributed by atoms with E-state index in [9.17, 15) is 23.1 Å². The van der Waals surface area contributed by atoms with Gasteiger partial charge in [0.15, 0.2) is 5.69 Å². The number of alkyl halides is 3. The number of thiazole rings is 1. The Hall–Kier alpha value is -1.68. The first-order valence-electron chi connectivity index (χ1n) is 7.58. The molecule has 1 aromatic rings. The average Bonchev–Trinajstić information content (AvgIpc) is 3.11. The van der Waals surface area contributed by atoms with Crippen LogP contribution in [0, 0.1) is 5.92 Å². The Bertz CT molecular complexity index is 676. The van der Waals surface area contributed by atoms with Gasteiger partial charge in [0.25, 0.3) is 5.72 Å². The molecule has 2 aliphatic rings. The third-order valence-electron chi connectivity index (χ3n) is 4.19. The van der Waals surface area contributed by atoms with Crippen LogP contribution in [0.25, 0.3) is 0 Å². The molecule has 6 nitrogen and oxygen atoms in total. The number of esters is 1. The van der Waals surface area contributed by atoms with Crippen molar-refractivity contribution in [2.24, 2.45) is 11.0 Å². The smallest absolute Gasteiger partial charge is 0.439 e. The molecule has 1 fully saturated rings. The summed E-state index contributed by atoms with van der Waals surface area (Å²) >= 11 is 0.812. The van der Waals surface area contributed by atoms with Crippen LogP contribution in [0.4, 0.5) is 18.3 Å². The first kappa shape index (κ1) is 17.2. The van der Waals surface area contributed by atoms with Gasteiger partial charge in [0.2, 0.25) is 5.13 Å². The molecule has 0 aromatic carbocycles. The van der Waals surface area contributed by atoms with Gasteiger partial charge in [-0.1, -0.05) is 6.42 Å². The van der Waals surface area contributed by atoms with Gasteiger partial charge in [-0.15, -0.1) is 11.3 Å². The zero-order chi connectivity index (χ0) is 17.5. The molecular weight excluding hydrogens is 347 g/mol. The van der Waals surface area contributed by atoms with E-state index in [0.717, 1.165) is 17.8 Å². The van der Waals surface area contributed by atoms with Crippen LogP contribution >= 0.6 is 11.3 Å². The maximum atomic E-state index is 13.7. The summed E-state index contributed by atoms with van der Waals surface area (Å²) in [7, 11) is 0. The molecule has 1 aliphatic carbocycles. The summed E-state index contributed by atoms with van der Waals surface area (Å²) in [6.07, 6.45) is -2.95. The van der Waals surface area contributed by atoms with Crippen LogP contribution in [0.1, 0.15) is 43.1 Å². The Morgan fingerprint density at radius 3 is 2.96 bits per heavy atom. The Balaban J connectivity index is 1.99. The Morgan fingerprint density at radius 1 is 1.54 bits per heavy atom. The highest BCUT2D eigenvalue weighted by atomic mass is 32.1. The zero-order valence-electron chi connectivity index (χ0n) is 12.8. The van der Waals surface area contributed by atoms with Crippen LogP contribution in [0.5, 0.6) is 0 Å². The molecule has 1 aromatic heterocycles. The molecule has 24 heavy (non-hydrogen) atoms. The Kier molecular flexibility index (Phi) is 4.28. The van der Waals surface area contributed by atoms with Gasteiger partial charge in [-0.05, 0) is 26.2 Å². The van der Waals surface area contributed by atoms with Crippen LogP contribution in [0.2, 0.25) is 0 Å². The van der Waals surface area contributed by atoms with E-state index in [0.29, 0.717) is 23.6 Å². The normalized spacial score (nSPS) is 27.0. The minimum atomic E-state index is -4.91. The van der Waals surface area contributed by atoms with Gasteiger partial charge in [0.05, 0.1) is 12.5 Å². The molecule has 2 atom stereocenters. The Labute approximate surface area is 139 Å². The average molecular weight is 363 g/mol. The van der Waals surface area contributed by atoms with E-state index in [2.05, 4.69) is 10.1 Å². The molecule has 2 heterocycles. The fraction of sp³-hybridized carbons (Fsp3) is 0.643. The van der Waals surface area contributed by atoms with Crippen molar-refractivity contribution in [2.75, 3.05) is 11.6 Å². The minimum absolute atomic E-state index is 0.101. The number of fused-ring (bicyclic) bond motifs is 1. The number of carbonyl (C=O) groups is 1. The summed E-state index contributed by atoms with van der Waals surface area (Å²) in [6.45, 7) is 1.75. The lowest BCUT2D eigenvalue weighted by Gasteiger charge is -2.38. The van der Waals surface area contributed by atoms with Gasteiger partial charge in [0.1, 0.15) is 0 Å². The molecular formula is C14H16F3N3O3S. The molecule has 1 N–H and O–H groups in total. The highest BCUT2D eigenvalue weighted by Gasteiger charge is 2.67. The molecule has 2 unspecified atom stereocenters. The first-order valence-corrected chi connectivity index (χ1v) is 8.46. The van der Waals surface area contributed by atoms with Crippen molar-refractivity contribution in [3.63, 3.8) is 0 Å². The van der Waals surface area contributed by atoms with Gasteiger partial charge in [-0.3, -0.25) is 0 Å². The Morgan fingerprint density at radius 2 is 2.29 bits per heavy atom. The molecule has 0 radical (unpaired) electrons. The molecule has 1 saturated carbocycles. The number of aromatic nitrogens is 1. The van der Waals surface area contributed by atoms with E-state index in [1.54, 1.807) is 6.92 Å². The maximum absolute atomic E-state index is 13.7. The lowest BCUT2D eigenvalue weighted by molar-refractivity contribution is -0.269. The fourth-order valence-corrected chi connectivity index (χ4v) is 3.86. The highest BCUT2D eigenvalue weighted by Crippen LogP contribution is 2.50. The van der Waals surface area contributed by atoms with Crippen molar-refractivity contribution in [3.8, 4) is 0 Å². The first-order chi connectivity index (χ1) is 11.3. The van der Waals surface area contributed by atoms with Crippen molar-refractivity contribution in [3.05, 3.63) is 11.1 Å². The van der Waals surface area contributed by atoms with E-state index in [1.807, 2.05) is 0 Å². The molecule has 0 spiro atoms. The second-order valence-electron chi connectivity index (χ2n) is 5.66. The third kappa shape index (κ3) is 2.57. The van der Waals surface area contributed by atoms with Gasteiger partial charge in [0, 0.05) is 11.1 Å². The number of nitrogens with zero attached hydrogens (tertiary/aromatic N) is 3. The predicted molar refractivity (Wildman–Crippen MR) is 80.9 cm³/mol. The van der Waals surface area contributed by atoms with Crippen LogP contribution in [-0.2, 0) is 4.74 Å². The van der Waals surface area contributed by atoms with E-state index in [1.165, 1.54) is 5.38 Å². The summed E-state index contributed by atoms with van der Waals surface area (Å²) in [6, 6.07) is 0. The molecule has 10 heteroatoms. The molecule has 0 saturated heterocycles. The van der Waals surface area contributed by atoms with Crippen molar-refractivity contribution >= 4 is 28.1 Å². The number of hydrogen-bond acceptors (Lipinski definition) is 7. The molecule has 0 amide bonds. The zero-order valence-corrected chi connectivity index (χ0v) is 13.7. The van der Waals surface area contributed by atoms with Crippen LogP contribution < -0.4 is 5.01 Å². The fourth-order valence-electron chi connectivity index (χ4n) is 3.07. The highest BCUT2D eigenvalue weighted by molar-refractivity contribution is 7.14. The summed E-state index contributed by atoms with van der Waals surface area (Å²) < 4.78 is 45.8. The van der Waals surface area contributed by atoms with Crippen LogP contribution in [-0.4, -0.2) is 40.3 Å². The summed E-state index contributed by atoms with van der Waals surface area (Å²) in [5.74, 6) is -1.83. The number of halogens is 3. The summed E-state index contributed by atoms with van der Waals surface area (Å²) in [5.41, 5.74) is -2.91. The SMILES string of the molecule is CCOC(=O)c1csc(N2N=C3CCCCC3C2(O)C(F)(F)F)n1. The van der Waals surface area contributed by atoms with Crippen molar-refractivity contribution in [1.29, 1.82) is 0 Å². The molecule has 1 aliphatic heterocycles. The van der Waals surface area contributed by atoms with E-state index in [-0.39, 0.29) is 23.9 Å². The third-order valence-corrected chi connectivity index (χ3v) is 5.01. The second-order valence-corrected chi connectivity index (χ2v) is 6.50. The lowest BCUT2D eigenvalue weighted by Crippen LogP contribution is -2.60. The van der Waals surface area contributed by atoms with Crippen molar-refractivity contribution in [1.82, 2.24) is 4.98 Å². The van der Waals surface area contributed by atoms with Crippen molar-refractivity contribution in [2.45, 2.75) is 44.5 Å². The number of rotatable bonds is 3. The number of carbonyl (C=O) groups excluding carboxylic acids is 1. The quantitative estimate of drug-likeness (QED) is 0.836. The largest absolute Gasteiger partial charge is 0.461 e. The second kappa shape index (κ2) is 5.99. The monoisotopic (exact) mass is 363 g/mol. The molecule has 3 rings (SSSR count). The van der Waals surface area contributed by atoms with Crippen LogP contribution in [0.15, 0.2) is 10.5 Å². The summed E-state index contributed by atoms with van der Waals surface area (Å²) in [5, 5.41) is 16.2. The van der Waals surface area contributed by atoms with Gasteiger partial charge >= 0.3 is 12.1 Å². The van der Waals surface area contributed by atoms with Crippen molar-refractivity contribution < 1.29 is 27.8 Å². The lowest BCUT2D eigenvalue weighted by atomic mass is 9.80. The number of anilines is 1.